The summed E-state index contributed by atoms with van der Waals surface area (Å²) in [5.74, 6) is 1.01. The molecule has 0 aliphatic rings. The third-order valence-electron chi connectivity index (χ3n) is 5.47. The molecule has 0 radical (unpaired) electrons. The van der Waals surface area contributed by atoms with Crippen molar-refractivity contribution < 1.29 is 19.1 Å². The van der Waals surface area contributed by atoms with Crippen LogP contribution in [0.4, 0.5) is 0 Å². The van der Waals surface area contributed by atoms with Gasteiger partial charge in [0, 0.05) is 13.1 Å². The predicted octanol–water partition coefficient (Wildman–Crippen LogP) is 4.71. The summed E-state index contributed by atoms with van der Waals surface area (Å²) in [6, 6.07) is 14.7. The third kappa shape index (κ3) is 7.52. The van der Waals surface area contributed by atoms with Crippen LogP contribution in [-0.4, -0.2) is 43.0 Å². The van der Waals surface area contributed by atoms with E-state index in [0.717, 1.165) is 17.5 Å². The molecule has 6 nitrogen and oxygen atoms in total. The monoisotopic (exact) mass is 454 g/mol. The highest BCUT2D eigenvalue weighted by Gasteiger charge is 2.29. The minimum Gasteiger partial charge on any atom is -0.497 e. The first-order chi connectivity index (χ1) is 15.7. The molecule has 2 aromatic carbocycles. The molecule has 0 spiro atoms. The molecule has 180 valence electrons. The Labute approximate surface area is 198 Å². The Balaban J connectivity index is 2.28. The Morgan fingerprint density at radius 1 is 1.06 bits per heavy atom. The number of rotatable bonds is 11. The van der Waals surface area contributed by atoms with Gasteiger partial charge in [-0.25, -0.2) is 0 Å². The van der Waals surface area contributed by atoms with Gasteiger partial charge in [0.25, 0.3) is 5.91 Å². The van der Waals surface area contributed by atoms with E-state index in [-0.39, 0.29) is 23.8 Å². The Morgan fingerprint density at radius 3 is 2.42 bits per heavy atom. The molecule has 1 atom stereocenters. The van der Waals surface area contributed by atoms with Crippen LogP contribution in [0.5, 0.6) is 11.5 Å². The summed E-state index contributed by atoms with van der Waals surface area (Å²) in [6.45, 7) is 11.0. The van der Waals surface area contributed by atoms with E-state index in [4.69, 9.17) is 9.47 Å². The van der Waals surface area contributed by atoms with Crippen LogP contribution >= 0.6 is 0 Å². The first kappa shape index (κ1) is 26.2. The molecule has 0 fully saturated rings. The van der Waals surface area contributed by atoms with E-state index in [9.17, 15) is 9.59 Å². The number of nitrogens with zero attached hydrogens (tertiary/aromatic N) is 1. The maximum atomic E-state index is 13.4. The number of hydrogen-bond donors (Lipinski definition) is 1. The highest BCUT2D eigenvalue weighted by Crippen LogP contribution is 2.31. The van der Waals surface area contributed by atoms with E-state index >= 15 is 0 Å². The van der Waals surface area contributed by atoms with E-state index in [0.29, 0.717) is 31.0 Å². The lowest BCUT2D eigenvalue weighted by Crippen LogP contribution is -2.50. The van der Waals surface area contributed by atoms with Gasteiger partial charge in [-0.15, -0.1) is 0 Å². The molecular weight excluding hydrogens is 416 g/mol. The van der Waals surface area contributed by atoms with Crippen LogP contribution in [-0.2, 0) is 21.5 Å². The molecule has 0 unspecified atom stereocenters. The average Bonchev–Trinajstić information content (AvgIpc) is 2.80. The van der Waals surface area contributed by atoms with Crippen molar-refractivity contribution in [3.63, 3.8) is 0 Å². The fourth-order valence-corrected chi connectivity index (χ4v) is 3.69. The second-order valence-electron chi connectivity index (χ2n) is 9.12. The van der Waals surface area contributed by atoms with Gasteiger partial charge in [-0.05, 0) is 47.6 Å². The van der Waals surface area contributed by atoms with Gasteiger partial charge in [0.05, 0.1) is 7.11 Å². The van der Waals surface area contributed by atoms with E-state index in [1.807, 2.05) is 62.4 Å². The van der Waals surface area contributed by atoms with Gasteiger partial charge in [0.2, 0.25) is 5.91 Å². The van der Waals surface area contributed by atoms with Crippen LogP contribution in [0.2, 0.25) is 0 Å². The summed E-state index contributed by atoms with van der Waals surface area (Å²) in [5, 5.41) is 2.93. The Morgan fingerprint density at radius 2 is 1.79 bits per heavy atom. The van der Waals surface area contributed by atoms with Crippen LogP contribution < -0.4 is 14.8 Å². The van der Waals surface area contributed by atoms with Crippen LogP contribution in [0.3, 0.4) is 0 Å². The van der Waals surface area contributed by atoms with Crippen LogP contribution in [0.1, 0.15) is 58.6 Å². The largest absolute Gasteiger partial charge is 0.497 e. The molecule has 1 N–H and O–H groups in total. The highest BCUT2D eigenvalue weighted by atomic mass is 16.5. The van der Waals surface area contributed by atoms with Crippen molar-refractivity contribution in [1.29, 1.82) is 0 Å². The predicted molar refractivity (Wildman–Crippen MR) is 132 cm³/mol. The smallest absolute Gasteiger partial charge is 0.261 e. The van der Waals surface area contributed by atoms with E-state index in [1.54, 1.807) is 12.0 Å². The maximum Gasteiger partial charge on any atom is 0.261 e. The van der Waals surface area contributed by atoms with E-state index in [2.05, 4.69) is 26.1 Å². The molecular formula is C27H38N2O4. The zero-order valence-electron chi connectivity index (χ0n) is 20.8. The SMILES string of the molecule is CCCNC(=O)[C@@H](CC)N(Cc1cccc(OC)c1)C(=O)COc1ccccc1C(C)(C)C. The Bertz CT molecular complexity index is 920. The number of ether oxygens (including phenoxy) is 2. The lowest BCUT2D eigenvalue weighted by atomic mass is 9.86. The maximum absolute atomic E-state index is 13.4. The van der Waals surface area contributed by atoms with Gasteiger partial charge >= 0.3 is 0 Å². The molecule has 0 saturated heterocycles. The fourth-order valence-electron chi connectivity index (χ4n) is 3.69. The van der Waals surface area contributed by atoms with Crippen LogP contribution in [0.25, 0.3) is 0 Å². The number of carbonyl (C=O) groups is 2. The molecule has 6 heteroatoms. The summed E-state index contributed by atoms with van der Waals surface area (Å²) in [5.41, 5.74) is 1.80. The second-order valence-corrected chi connectivity index (χ2v) is 9.12. The molecule has 0 aliphatic carbocycles. The lowest BCUT2D eigenvalue weighted by molar-refractivity contribution is -0.143. The molecule has 0 saturated carbocycles. The lowest BCUT2D eigenvalue weighted by Gasteiger charge is -2.31. The van der Waals surface area contributed by atoms with Crippen LogP contribution in [0, 0.1) is 0 Å². The van der Waals surface area contributed by atoms with Gasteiger partial charge < -0.3 is 19.7 Å². The first-order valence-corrected chi connectivity index (χ1v) is 11.6. The van der Waals surface area contributed by atoms with Gasteiger partial charge in [0.1, 0.15) is 17.5 Å². The first-order valence-electron chi connectivity index (χ1n) is 11.6. The van der Waals surface area contributed by atoms with Crippen molar-refractivity contribution in [3.8, 4) is 11.5 Å². The van der Waals surface area contributed by atoms with Crippen molar-refractivity contribution >= 4 is 11.8 Å². The molecule has 0 aliphatic heterocycles. The van der Waals surface area contributed by atoms with E-state index in [1.165, 1.54) is 0 Å². The molecule has 2 rings (SSSR count). The fraction of sp³-hybridized carbons (Fsp3) is 0.481. The molecule has 0 heterocycles. The third-order valence-corrected chi connectivity index (χ3v) is 5.47. The highest BCUT2D eigenvalue weighted by molar-refractivity contribution is 5.88. The molecule has 2 amide bonds. The number of para-hydroxylation sites is 1. The summed E-state index contributed by atoms with van der Waals surface area (Å²) in [6.07, 6.45) is 1.34. The van der Waals surface area contributed by atoms with Gasteiger partial charge in [0.15, 0.2) is 6.61 Å². The summed E-state index contributed by atoms with van der Waals surface area (Å²) < 4.78 is 11.3. The minimum atomic E-state index is -0.586. The standard InChI is InChI=1S/C27H38N2O4/c1-7-16-28-26(31)23(8-2)29(18-20-12-11-13-21(17-20)32-6)25(30)19-33-24-15-10-9-14-22(24)27(3,4)5/h9-15,17,23H,7-8,16,18-19H2,1-6H3,(H,28,31)/t23-/m1/s1. The summed E-state index contributed by atoms with van der Waals surface area (Å²) in [7, 11) is 1.61. The zero-order chi connectivity index (χ0) is 24.4. The number of amides is 2. The number of carbonyl (C=O) groups excluding carboxylic acids is 2. The Hall–Kier alpha value is -3.02. The number of benzene rings is 2. The van der Waals surface area contributed by atoms with Crippen molar-refractivity contribution in [2.75, 3.05) is 20.3 Å². The Kier molecular flexibility index (Phi) is 9.76. The number of hydrogen-bond acceptors (Lipinski definition) is 4. The minimum absolute atomic E-state index is 0.119. The topological polar surface area (TPSA) is 67.9 Å². The molecule has 2 aromatic rings. The van der Waals surface area contributed by atoms with Crippen molar-refractivity contribution in [1.82, 2.24) is 10.2 Å². The van der Waals surface area contributed by atoms with Crippen LogP contribution in [0.15, 0.2) is 48.5 Å². The second kappa shape index (κ2) is 12.3. The zero-order valence-corrected chi connectivity index (χ0v) is 20.8. The normalized spacial score (nSPS) is 12.1. The van der Waals surface area contributed by atoms with Gasteiger partial charge in [-0.2, -0.15) is 0 Å². The molecule has 0 aromatic heterocycles. The quantitative estimate of drug-likeness (QED) is 0.534. The van der Waals surface area contributed by atoms with Crippen molar-refractivity contribution in [2.45, 2.75) is 65.5 Å². The van der Waals surface area contributed by atoms with Gasteiger partial charge in [-0.3, -0.25) is 9.59 Å². The molecule has 33 heavy (non-hydrogen) atoms. The van der Waals surface area contributed by atoms with Gasteiger partial charge in [-0.1, -0.05) is 65.0 Å². The summed E-state index contributed by atoms with van der Waals surface area (Å²) in [4.78, 5) is 27.9. The summed E-state index contributed by atoms with van der Waals surface area (Å²) >= 11 is 0. The molecule has 0 bridgehead atoms. The van der Waals surface area contributed by atoms with Crippen molar-refractivity contribution in [3.05, 3.63) is 59.7 Å². The van der Waals surface area contributed by atoms with Crippen molar-refractivity contribution in [2.24, 2.45) is 0 Å². The van der Waals surface area contributed by atoms with E-state index < -0.39 is 6.04 Å². The average molecular weight is 455 g/mol. The number of methoxy groups -OCH3 is 1. The number of nitrogens with one attached hydrogen (secondary N) is 1.